The molecule has 0 unspecified atom stereocenters. The highest BCUT2D eigenvalue weighted by atomic mass is 35.5. The molecule has 0 spiro atoms. The third-order valence-electron chi connectivity index (χ3n) is 4.19. The van der Waals surface area contributed by atoms with E-state index in [0.717, 1.165) is 28.6 Å². The summed E-state index contributed by atoms with van der Waals surface area (Å²) in [4.78, 5) is 13.5. The molecule has 0 aliphatic heterocycles. The van der Waals surface area contributed by atoms with E-state index in [4.69, 9.17) is 11.6 Å². The Bertz CT molecular complexity index is 1200. The Morgan fingerprint density at radius 1 is 1.06 bits per heavy atom. The molecule has 0 N–H and O–H groups in total. The van der Waals surface area contributed by atoms with Crippen LogP contribution in [0.15, 0.2) is 71.8 Å². The minimum atomic E-state index is -4.71. The number of alkyl halides is 3. The van der Waals surface area contributed by atoms with Crippen LogP contribution in [0, 0.1) is 10.1 Å². The van der Waals surface area contributed by atoms with Gasteiger partial charge in [-0.05, 0) is 23.8 Å². The molecule has 1 aromatic heterocycles. The molecule has 0 saturated carbocycles. The molecule has 2 aromatic carbocycles. The van der Waals surface area contributed by atoms with Crippen LogP contribution in [0.25, 0.3) is 0 Å². The first-order valence-electron chi connectivity index (χ1n) is 8.54. The molecule has 0 bridgehead atoms. The molecule has 0 fully saturated rings. The van der Waals surface area contributed by atoms with Crippen LogP contribution in [-0.4, -0.2) is 18.3 Å². The lowest BCUT2D eigenvalue weighted by Crippen LogP contribution is -2.31. The van der Waals surface area contributed by atoms with E-state index in [0.29, 0.717) is 17.8 Å². The van der Waals surface area contributed by atoms with Gasteiger partial charge in [-0.25, -0.2) is 17.7 Å². The zero-order valence-corrected chi connectivity index (χ0v) is 17.0. The van der Waals surface area contributed by atoms with Gasteiger partial charge in [-0.2, -0.15) is 13.2 Å². The number of anilines is 1. The zero-order chi connectivity index (χ0) is 22.8. The number of rotatable bonds is 6. The molecule has 3 rings (SSSR count). The predicted molar refractivity (Wildman–Crippen MR) is 107 cm³/mol. The van der Waals surface area contributed by atoms with Crippen molar-refractivity contribution in [2.75, 3.05) is 4.31 Å². The summed E-state index contributed by atoms with van der Waals surface area (Å²) < 4.78 is 66.2. The van der Waals surface area contributed by atoms with E-state index in [1.165, 1.54) is 0 Å². The van der Waals surface area contributed by atoms with Gasteiger partial charge in [0.25, 0.3) is 15.7 Å². The number of pyridine rings is 1. The summed E-state index contributed by atoms with van der Waals surface area (Å²) in [7, 11) is -4.38. The maximum absolute atomic E-state index is 13.3. The van der Waals surface area contributed by atoms with Crippen molar-refractivity contribution in [1.82, 2.24) is 4.98 Å². The smallest absolute Gasteiger partial charge is 0.258 e. The van der Waals surface area contributed by atoms with Crippen LogP contribution in [0.1, 0.15) is 11.1 Å². The van der Waals surface area contributed by atoms with E-state index in [9.17, 15) is 31.7 Å². The van der Waals surface area contributed by atoms with Crippen molar-refractivity contribution in [3.05, 3.63) is 93.1 Å². The minimum absolute atomic E-state index is 0.280. The average Bonchev–Trinajstić information content (AvgIpc) is 2.72. The van der Waals surface area contributed by atoms with Crippen LogP contribution >= 0.6 is 11.6 Å². The van der Waals surface area contributed by atoms with Crippen molar-refractivity contribution in [2.45, 2.75) is 17.6 Å². The van der Waals surface area contributed by atoms with Crippen LogP contribution in [-0.2, 0) is 22.7 Å². The summed E-state index contributed by atoms with van der Waals surface area (Å²) in [5, 5.41) is 10.3. The molecule has 0 aliphatic carbocycles. The van der Waals surface area contributed by atoms with E-state index >= 15 is 0 Å². The lowest BCUT2D eigenvalue weighted by molar-refractivity contribution is -0.384. The van der Waals surface area contributed by atoms with Crippen LogP contribution in [0.3, 0.4) is 0 Å². The van der Waals surface area contributed by atoms with E-state index in [2.05, 4.69) is 4.98 Å². The highest BCUT2D eigenvalue weighted by molar-refractivity contribution is 7.92. The number of hydrogen-bond donors (Lipinski definition) is 0. The van der Waals surface area contributed by atoms with Crippen molar-refractivity contribution < 1.29 is 26.5 Å². The number of halogens is 4. The molecule has 0 aliphatic rings. The highest BCUT2D eigenvalue weighted by Gasteiger charge is 2.34. The normalized spacial score (nSPS) is 11.9. The second kappa shape index (κ2) is 8.52. The number of non-ortho nitro benzene ring substituents is 1. The number of benzene rings is 2. The van der Waals surface area contributed by atoms with E-state index in [1.807, 2.05) is 0 Å². The largest absolute Gasteiger partial charge is 0.417 e. The molecule has 1 heterocycles. The Hall–Kier alpha value is -3.18. The molecule has 162 valence electrons. The molecule has 0 radical (unpaired) electrons. The fourth-order valence-electron chi connectivity index (χ4n) is 2.66. The molecular formula is C19H13ClF3N3O4S. The third kappa shape index (κ3) is 4.94. The first kappa shape index (κ1) is 22.5. The zero-order valence-electron chi connectivity index (χ0n) is 15.5. The Kier molecular flexibility index (Phi) is 6.18. The molecule has 31 heavy (non-hydrogen) atoms. The SMILES string of the molecule is O=[N+]([O-])c1ccc(S(=O)(=O)N(Cc2ccccc2)c2ncc(C(F)(F)F)cc2Cl)cc1. The third-order valence-corrected chi connectivity index (χ3v) is 6.22. The lowest BCUT2D eigenvalue weighted by atomic mass is 10.2. The fraction of sp³-hybridized carbons (Fsp3) is 0.105. The number of nitro benzene ring substituents is 1. The summed E-state index contributed by atoms with van der Waals surface area (Å²) in [6, 6.07) is 12.9. The van der Waals surface area contributed by atoms with Crippen molar-refractivity contribution in [1.29, 1.82) is 0 Å². The molecular weight excluding hydrogens is 459 g/mol. The molecule has 7 nitrogen and oxygen atoms in total. The molecule has 3 aromatic rings. The summed E-state index contributed by atoms with van der Waals surface area (Å²) in [6.45, 7) is -0.280. The van der Waals surface area contributed by atoms with Crippen LogP contribution in [0.2, 0.25) is 5.02 Å². The lowest BCUT2D eigenvalue weighted by Gasteiger charge is -2.25. The maximum atomic E-state index is 13.3. The Morgan fingerprint density at radius 3 is 2.19 bits per heavy atom. The fourth-order valence-corrected chi connectivity index (χ4v) is 4.40. The summed E-state index contributed by atoms with van der Waals surface area (Å²) in [5.41, 5.74) is -0.932. The highest BCUT2D eigenvalue weighted by Crippen LogP contribution is 2.36. The van der Waals surface area contributed by atoms with Gasteiger partial charge in [-0.15, -0.1) is 0 Å². The number of hydrogen-bond acceptors (Lipinski definition) is 5. The molecule has 12 heteroatoms. The van der Waals surface area contributed by atoms with Gasteiger partial charge in [0.1, 0.15) is 0 Å². The summed E-state index contributed by atoms with van der Waals surface area (Å²) in [6.07, 6.45) is -4.22. The van der Waals surface area contributed by atoms with Gasteiger partial charge in [0.15, 0.2) is 5.82 Å². The maximum Gasteiger partial charge on any atom is 0.417 e. The second-order valence-electron chi connectivity index (χ2n) is 6.28. The van der Waals surface area contributed by atoms with Gasteiger partial charge < -0.3 is 0 Å². The quantitative estimate of drug-likeness (QED) is 0.370. The van der Waals surface area contributed by atoms with E-state index in [1.54, 1.807) is 30.3 Å². The van der Waals surface area contributed by atoms with Crippen LogP contribution in [0.4, 0.5) is 24.7 Å². The first-order valence-corrected chi connectivity index (χ1v) is 10.4. The van der Waals surface area contributed by atoms with E-state index < -0.39 is 37.5 Å². The Labute approximate surface area is 179 Å². The second-order valence-corrected chi connectivity index (χ2v) is 8.54. The van der Waals surface area contributed by atoms with Gasteiger partial charge in [0.05, 0.1) is 26.9 Å². The molecule has 0 saturated heterocycles. The molecule has 0 atom stereocenters. The van der Waals surface area contributed by atoms with Gasteiger partial charge in [0.2, 0.25) is 0 Å². The van der Waals surface area contributed by atoms with Gasteiger partial charge >= 0.3 is 6.18 Å². The number of nitrogens with zero attached hydrogens (tertiary/aromatic N) is 3. The number of nitro groups is 1. The first-order chi connectivity index (χ1) is 14.5. The monoisotopic (exact) mass is 471 g/mol. The van der Waals surface area contributed by atoms with Crippen LogP contribution < -0.4 is 4.31 Å². The number of aromatic nitrogens is 1. The van der Waals surface area contributed by atoms with Gasteiger partial charge in [-0.1, -0.05) is 41.9 Å². The van der Waals surface area contributed by atoms with Gasteiger partial charge in [0, 0.05) is 18.3 Å². The Morgan fingerprint density at radius 2 is 1.68 bits per heavy atom. The Balaban J connectivity index is 2.11. The van der Waals surface area contributed by atoms with Crippen molar-refractivity contribution >= 4 is 33.1 Å². The topological polar surface area (TPSA) is 93.4 Å². The van der Waals surface area contributed by atoms with Crippen molar-refractivity contribution in [3.63, 3.8) is 0 Å². The average molecular weight is 472 g/mol. The minimum Gasteiger partial charge on any atom is -0.258 e. The van der Waals surface area contributed by atoms with Crippen molar-refractivity contribution in [2.24, 2.45) is 0 Å². The van der Waals surface area contributed by atoms with Gasteiger partial charge in [-0.3, -0.25) is 10.1 Å². The molecule has 0 amide bonds. The standard InChI is InChI=1S/C19H13ClF3N3O4S/c20-17-10-14(19(21,22)23)11-24-18(17)25(12-13-4-2-1-3-5-13)31(29,30)16-8-6-15(7-9-16)26(27)28/h1-11H,12H2. The van der Waals surface area contributed by atoms with Crippen molar-refractivity contribution in [3.8, 4) is 0 Å². The summed E-state index contributed by atoms with van der Waals surface area (Å²) >= 11 is 6.00. The number of sulfonamides is 1. The summed E-state index contributed by atoms with van der Waals surface area (Å²) in [5.74, 6) is -0.406. The van der Waals surface area contributed by atoms with E-state index in [-0.39, 0.29) is 17.1 Å². The van der Waals surface area contributed by atoms with Crippen LogP contribution in [0.5, 0.6) is 0 Å². The predicted octanol–water partition coefficient (Wildman–Crippen LogP) is 5.06.